The minimum Gasteiger partial charge on any atom is -0.382 e. The van der Waals surface area contributed by atoms with Gasteiger partial charge in [-0.3, -0.25) is 10.1 Å². The number of hydrogen-bond acceptors (Lipinski definition) is 4. The molecule has 0 aromatic heterocycles. The maximum Gasteiger partial charge on any atom is 0.315 e. The van der Waals surface area contributed by atoms with Crippen molar-refractivity contribution < 1.29 is 4.92 Å². The standard InChI is InChI=1S/C16H19N3O2/c1-12(13-7-4-3-5-8-13)11-18-15-10-6-9-14(17-2)16(15)19(20)21/h3-10,12,17-18H,11H2,1-2H3. The number of rotatable bonds is 6. The molecule has 0 amide bonds. The van der Waals surface area contributed by atoms with Gasteiger partial charge in [0, 0.05) is 13.6 Å². The van der Waals surface area contributed by atoms with Crippen molar-refractivity contribution in [2.24, 2.45) is 0 Å². The van der Waals surface area contributed by atoms with E-state index in [-0.39, 0.29) is 16.5 Å². The average molecular weight is 285 g/mol. The molecule has 1 unspecified atom stereocenters. The second-order valence-corrected chi connectivity index (χ2v) is 4.90. The van der Waals surface area contributed by atoms with Crippen LogP contribution in [0, 0.1) is 10.1 Å². The second-order valence-electron chi connectivity index (χ2n) is 4.90. The van der Waals surface area contributed by atoms with Gasteiger partial charge >= 0.3 is 5.69 Å². The number of nitrogens with zero attached hydrogens (tertiary/aromatic N) is 1. The fourth-order valence-electron chi connectivity index (χ4n) is 2.25. The summed E-state index contributed by atoms with van der Waals surface area (Å²) < 4.78 is 0. The fourth-order valence-corrected chi connectivity index (χ4v) is 2.25. The quantitative estimate of drug-likeness (QED) is 0.625. The van der Waals surface area contributed by atoms with Crippen molar-refractivity contribution in [3.8, 4) is 0 Å². The minimum atomic E-state index is -0.360. The van der Waals surface area contributed by atoms with Gasteiger partial charge in [0.05, 0.1) is 4.92 Å². The van der Waals surface area contributed by atoms with Gasteiger partial charge in [-0.2, -0.15) is 0 Å². The summed E-state index contributed by atoms with van der Waals surface area (Å²) in [6.45, 7) is 2.73. The third kappa shape index (κ3) is 3.51. The third-order valence-electron chi connectivity index (χ3n) is 3.46. The van der Waals surface area contributed by atoms with Crippen LogP contribution in [-0.4, -0.2) is 18.5 Å². The Morgan fingerprint density at radius 3 is 2.38 bits per heavy atom. The van der Waals surface area contributed by atoms with Crippen LogP contribution in [0.25, 0.3) is 0 Å². The normalized spacial score (nSPS) is 11.7. The molecule has 21 heavy (non-hydrogen) atoms. The fraction of sp³-hybridized carbons (Fsp3) is 0.250. The van der Waals surface area contributed by atoms with Crippen LogP contribution >= 0.6 is 0 Å². The zero-order valence-electron chi connectivity index (χ0n) is 12.2. The monoisotopic (exact) mass is 285 g/mol. The van der Waals surface area contributed by atoms with Gasteiger partial charge < -0.3 is 10.6 Å². The molecule has 0 spiro atoms. The summed E-state index contributed by atoms with van der Waals surface area (Å²) in [5, 5.41) is 17.3. The lowest BCUT2D eigenvalue weighted by Gasteiger charge is -2.15. The van der Waals surface area contributed by atoms with Crippen LogP contribution in [0.5, 0.6) is 0 Å². The molecule has 2 aromatic carbocycles. The summed E-state index contributed by atoms with van der Waals surface area (Å²) in [5.41, 5.74) is 2.34. The number of para-hydroxylation sites is 1. The number of hydrogen-bond donors (Lipinski definition) is 2. The average Bonchev–Trinajstić information content (AvgIpc) is 2.52. The van der Waals surface area contributed by atoms with E-state index in [1.165, 1.54) is 5.56 Å². The summed E-state index contributed by atoms with van der Waals surface area (Å²) in [6.07, 6.45) is 0. The maximum absolute atomic E-state index is 11.2. The molecule has 0 bridgehead atoms. The minimum absolute atomic E-state index is 0.0836. The van der Waals surface area contributed by atoms with Gasteiger partial charge in [0.25, 0.3) is 0 Å². The Balaban J connectivity index is 2.15. The Morgan fingerprint density at radius 2 is 1.76 bits per heavy atom. The Morgan fingerprint density at radius 1 is 1.10 bits per heavy atom. The van der Waals surface area contributed by atoms with Gasteiger partial charge in [0.2, 0.25) is 0 Å². The molecule has 5 heteroatoms. The Hall–Kier alpha value is -2.56. The predicted octanol–water partition coefficient (Wildman–Crippen LogP) is 3.85. The third-order valence-corrected chi connectivity index (χ3v) is 3.46. The molecule has 2 rings (SSSR count). The van der Waals surface area contributed by atoms with E-state index in [1.54, 1.807) is 25.2 Å². The lowest BCUT2D eigenvalue weighted by molar-refractivity contribution is -0.383. The van der Waals surface area contributed by atoms with Crippen LogP contribution in [0.15, 0.2) is 48.5 Å². The van der Waals surface area contributed by atoms with E-state index < -0.39 is 0 Å². The Kier molecular flexibility index (Phi) is 4.77. The molecule has 0 saturated heterocycles. The summed E-state index contributed by atoms with van der Waals surface area (Å²) in [5.74, 6) is 0.268. The first-order valence-corrected chi connectivity index (χ1v) is 6.87. The Labute approximate surface area is 124 Å². The number of nitro benzene ring substituents is 1. The van der Waals surface area contributed by atoms with Crippen molar-refractivity contribution in [2.45, 2.75) is 12.8 Å². The largest absolute Gasteiger partial charge is 0.382 e. The maximum atomic E-state index is 11.2. The van der Waals surface area contributed by atoms with E-state index in [2.05, 4.69) is 29.7 Å². The number of nitro groups is 1. The van der Waals surface area contributed by atoms with E-state index in [0.29, 0.717) is 17.9 Å². The highest BCUT2D eigenvalue weighted by molar-refractivity contribution is 5.76. The van der Waals surface area contributed by atoms with Crippen LogP contribution in [0.3, 0.4) is 0 Å². The van der Waals surface area contributed by atoms with Crippen LogP contribution < -0.4 is 10.6 Å². The van der Waals surface area contributed by atoms with Crippen LogP contribution in [0.1, 0.15) is 18.4 Å². The zero-order chi connectivity index (χ0) is 15.2. The van der Waals surface area contributed by atoms with E-state index in [1.807, 2.05) is 18.2 Å². The van der Waals surface area contributed by atoms with Crippen molar-refractivity contribution in [1.29, 1.82) is 0 Å². The molecule has 0 fully saturated rings. The van der Waals surface area contributed by atoms with Crippen LogP contribution in [0.4, 0.5) is 17.1 Å². The molecule has 0 aliphatic carbocycles. The number of anilines is 2. The summed E-state index contributed by atoms with van der Waals surface area (Å²) in [4.78, 5) is 10.9. The van der Waals surface area contributed by atoms with E-state index >= 15 is 0 Å². The predicted molar refractivity (Wildman–Crippen MR) is 86.0 cm³/mol. The second kappa shape index (κ2) is 6.74. The molecule has 0 aliphatic rings. The highest BCUT2D eigenvalue weighted by Gasteiger charge is 2.19. The summed E-state index contributed by atoms with van der Waals surface area (Å²) in [6, 6.07) is 15.3. The first-order valence-electron chi connectivity index (χ1n) is 6.87. The number of benzene rings is 2. The van der Waals surface area contributed by atoms with Gasteiger partial charge in [0.15, 0.2) is 0 Å². The summed E-state index contributed by atoms with van der Waals surface area (Å²) >= 11 is 0. The van der Waals surface area contributed by atoms with E-state index in [0.717, 1.165) is 0 Å². The molecule has 1 atom stereocenters. The lowest BCUT2D eigenvalue weighted by Crippen LogP contribution is -2.11. The first-order chi connectivity index (χ1) is 10.1. The van der Waals surface area contributed by atoms with Crippen molar-refractivity contribution in [2.75, 3.05) is 24.2 Å². The SMILES string of the molecule is CNc1cccc(NCC(C)c2ccccc2)c1[N+](=O)[O-]. The van der Waals surface area contributed by atoms with Gasteiger partial charge in [-0.1, -0.05) is 43.3 Å². The summed E-state index contributed by atoms with van der Waals surface area (Å²) in [7, 11) is 1.68. The van der Waals surface area contributed by atoms with Crippen molar-refractivity contribution in [1.82, 2.24) is 0 Å². The molecular formula is C16H19N3O2. The molecule has 0 radical (unpaired) electrons. The molecule has 110 valence electrons. The molecule has 2 aromatic rings. The molecule has 0 saturated carbocycles. The van der Waals surface area contributed by atoms with Gasteiger partial charge in [0.1, 0.15) is 11.4 Å². The molecular weight excluding hydrogens is 266 g/mol. The van der Waals surface area contributed by atoms with Gasteiger partial charge in [-0.25, -0.2) is 0 Å². The van der Waals surface area contributed by atoms with Gasteiger partial charge in [-0.05, 0) is 23.6 Å². The van der Waals surface area contributed by atoms with Gasteiger partial charge in [-0.15, -0.1) is 0 Å². The van der Waals surface area contributed by atoms with Crippen molar-refractivity contribution >= 4 is 17.1 Å². The lowest BCUT2D eigenvalue weighted by atomic mass is 10.0. The number of nitrogens with one attached hydrogen (secondary N) is 2. The van der Waals surface area contributed by atoms with Crippen LogP contribution in [0.2, 0.25) is 0 Å². The van der Waals surface area contributed by atoms with E-state index in [4.69, 9.17) is 0 Å². The highest BCUT2D eigenvalue weighted by Crippen LogP contribution is 2.32. The molecule has 0 aliphatic heterocycles. The molecule has 0 heterocycles. The highest BCUT2D eigenvalue weighted by atomic mass is 16.6. The molecule has 5 nitrogen and oxygen atoms in total. The zero-order valence-corrected chi connectivity index (χ0v) is 12.2. The topological polar surface area (TPSA) is 67.2 Å². The Bertz CT molecular complexity index is 614. The molecule has 2 N–H and O–H groups in total. The van der Waals surface area contributed by atoms with Crippen molar-refractivity contribution in [3.63, 3.8) is 0 Å². The first kappa shape index (κ1) is 14.8. The van der Waals surface area contributed by atoms with Crippen molar-refractivity contribution in [3.05, 3.63) is 64.2 Å². The van der Waals surface area contributed by atoms with Crippen LogP contribution in [-0.2, 0) is 0 Å². The van der Waals surface area contributed by atoms with E-state index in [9.17, 15) is 10.1 Å². The smallest absolute Gasteiger partial charge is 0.315 e.